The molecule has 1 fully saturated rings. The first-order valence-corrected chi connectivity index (χ1v) is 8.08. The molecule has 0 saturated carbocycles. The smallest absolute Gasteiger partial charge is 0.301 e. The van der Waals surface area contributed by atoms with Crippen molar-refractivity contribution in [1.29, 1.82) is 0 Å². The van der Waals surface area contributed by atoms with Crippen molar-refractivity contribution in [3.63, 3.8) is 0 Å². The van der Waals surface area contributed by atoms with Crippen LogP contribution in [-0.2, 0) is 10.2 Å². The van der Waals surface area contributed by atoms with Gasteiger partial charge in [0.1, 0.15) is 5.75 Å². The van der Waals surface area contributed by atoms with Crippen molar-refractivity contribution in [1.82, 2.24) is 9.62 Å². The fourth-order valence-corrected chi connectivity index (χ4v) is 3.59. The molecule has 2 rings (SSSR count). The highest BCUT2D eigenvalue weighted by molar-refractivity contribution is 9.10. The van der Waals surface area contributed by atoms with E-state index in [0.29, 0.717) is 42.1 Å². The minimum absolute atomic E-state index is 0.479. The lowest BCUT2D eigenvalue weighted by atomic mass is 10.3. The fraction of sp³-hybridized carbons (Fsp3) is 0.455. The number of piperazine rings is 1. The monoisotopic (exact) mass is 349 g/mol. The third-order valence-corrected chi connectivity index (χ3v) is 4.97. The van der Waals surface area contributed by atoms with E-state index in [1.807, 2.05) is 0 Å². The number of nitrogens with one attached hydrogen (secondary N) is 2. The number of benzene rings is 1. The van der Waals surface area contributed by atoms with Crippen molar-refractivity contribution in [2.45, 2.75) is 0 Å². The van der Waals surface area contributed by atoms with Gasteiger partial charge >= 0.3 is 10.2 Å². The molecule has 0 aliphatic carbocycles. The largest absolute Gasteiger partial charge is 0.496 e. The summed E-state index contributed by atoms with van der Waals surface area (Å²) in [5.74, 6) is 0.658. The number of hydrogen-bond donors (Lipinski definition) is 2. The lowest BCUT2D eigenvalue weighted by molar-refractivity contribution is 0.362. The molecule has 0 spiro atoms. The summed E-state index contributed by atoms with van der Waals surface area (Å²) in [5.41, 5.74) is 0.506. The number of rotatable bonds is 4. The summed E-state index contributed by atoms with van der Waals surface area (Å²) in [4.78, 5) is 0. The summed E-state index contributed by atoms with van der Waals surface area (Å²) < 4.78 is 34.1. The van der Waals surface area contributed by atoms with E-state index in [-0.39, 0.29) is 0 Å². The minimum Gasteiger partial charge on any atom is -0.496 e. The SMILES string of the molecule is COc1ccc(NS(=O)(=O)N2CCNCC2)cc1Br. The molecular formula is C11H16BrN3O3S. The molecule has 0 radical (unpaired) electrons. The first-order valence-electron chi connectivity index (χ1n) is 5.85. The van der Waals surface area contributed by atoms with Crippen LogP contribution in [0.4, 0.5) is 5.69 Å². The van der Waals surface area contributed by atoms with Crippen LogP contribution < -0.4 is 14.8 Å². The van der Waals surface area contributed by atoms with Gasteiger partial charge in [0.05, 0.1) is 17.3 Å². The van der Waals surface area contributed by atoms with E-state index in [2.05, 4.69) is 26.0 Å². The first kappa shape index (κ1) is 14.6. The van der Waals surface area contributed by atoms with Crippen LogP contribution in [0.2, 0.25) is 0 Å². The topological polar surface area (TPSA) is 70.7 Å². The van der Waals surface area contributed by atoms with E-state index in [9.17, 15) is 8.42 Å². The summed E-state index contributed by atoms with van der Waals surface area (Å²) in [6, 6.07) is 5.06. The second-order valence-corrected chi connectivity index (χ2v) is 6.63. The van der Waals surface area contributed by atoms with E-state index in [0.717, 1.165) is 0 Å². The van der Waals surface area contributed by atoms with Gasteiger partial charge in [0.15, 0.2) is 0 Å². The Morgan fingerprint density at radius 2 is 2.05 bits per heavy atom. The number of halogens is 1. The van der Waals surface area contributed by atoms with Gasteiger partial charge in [-0.1, -0.05) is 0 Å². The molecule has 0 unspecified atom stereocenters. The molecule has 1 aliphatic rings. The molecule has 1 aromatic carbocycles. The van der Waals surface area contributed by atoms with Crippen molar-refractivity contribution >= 4 is 31.8 Å². The van der Waals surface area contributed by atoms with Crippen molar-refractivity contribution in [3.8, 4) is 5.75 Å². The van der Waals surface area contributed by atoms with Crippen LogP contribution in [0.1, 0.15) is 0 Å². The van der Waals surface area contributed by atoms with Crippen molar-refractivity contribution in [2.24, 2.45) is 0 Å². The van der Waals surface area contributed by atoms with E-state index in [1.54, 1.807) is 25.3 Å². The number of ether oxygens (including phenoxy) is 1. The molecule has 0 bridgehead atoms. The van der Waals surface area contributed by atoms with Gasteiger partial charge < -0.3 is 10.1 Å². The van der Waals surface area contributed by atoms with Crippen LogP contribution in [0.5, 0.6) is 5.75 Å². The number of anilines is 1. The summed E-state index contributed by atoms with van der Waals surface area (Å²) in [6.07, 6.45) is 0. The Labute approximate surface area is 121 Å². The van der Waals surface area contributed by atoms with E-state index in [1.165, 1.54) is 4.31 Å². The predicted molar refractivity (Wildman–Crippen MR) is 77.7 cm³/mol. The van der Waals surface area contributed by atoms with Crippen LogP contribution in [-0.4, -0.2) is 46.0 Å². The zero-order valence-corrected chi connectivity index (χ0v) is 12.9. The van der Waals surface area contributed by atoms with Gasteiger partial charge in [0, 0.05) is 26.2 Å². The van der Waals surface area contributed by atoms with Crippen molar-refractivity contribution < 1.29 is 13.2 Å². The molecule has 6 nitrogen and oxygen atoms in total. The van der Waals surface area contributed by atoms with Gasteiger partial charge in [-0.25, -0.2) is 0 Å². The molecule has 1 aliphatic heterocycles. The van der Waals surface area contributed by atoms with Crippen LogP contribution in [0.3, 0.4) is 0 Å². The second kappa shape index (κ2) is 6.08. The lowest BCUT2D eigenvalue weighted by Gasteiger charge is -2.26. The third-order valence-electron chi connectivity index (χ3n) is 2.81. The maximum atomic E-state index is 12.2. The van der Waals surface area contributed by atoms with Gasteiger partial charge in [0.2, 0.25) is 0 Å². The predicted octanol–water partition coefficient (Wildman–Crippen LogP) is 1.02. The molecule has 8 heteroatoms. The molecule has 2 N–H and O–H groups in total. The zero-order valence-electron chi connectivity index (χ0n) is 10.5. The average Bonchev–Trinajstić information content (AvgIpc) is 2.39. The molecule has 19 heavy (non-hydrogen) atoms. The molecule has 0 amide bonds. The number of hydrogen-bond acceptors (Lipinski definition) is 4. The Balaban J connectivity index is 2.13. The minimum atomic E-state index is -3.49. The van der Waals surface area contributed by atoms with Gasteiger partial charge in [-0.2, -0.15) is 12.7 Å². The summed E-state index contributed by atoms with van der Waals surface area (Å²) in [5, 5.41) is 3.12. The Morgan fingerprint density at radius 1 is 1.37 bits per heavy atom. The highest BCUT2D eigenvalue weighted by Crippen LogP contribution is 2.28. The van der Waals surface area contributed by atoms with Crippen LogP contribution >= 0.6 is 15.9 Å². The molecule has 106 valence electrons. The third kappa shape index (κ3) is 3.59. The Bertz CT molecular complexity index is 544. The summed E-state index contributed by atoms with van der Waals surface area (Å²) >= 11 is 3.33. The lowest BCUT2D eigenvalue weighted by Crippen LogP contribution is -2.48. The van der Waals surface area contributed by atoms with E-state index in [4.69, 9.17) is 4.74 Å². The van der Waals surface area contributed by atoms with Crippen molar-refractivity contribution in [2.75, 3.05) is 38.0 Å². The first-order chi connectivity index (χ1) is 9.03. The molecule has 0 atom stereocenters. The summed E-state index contributed by atoms with van der Waals surface area (Å²) in [7, 11) is -1.93. The quantitative estimate of drug-likeness (QED) is 0.851. The van der Waals surface area contributed by atoms with E-state index < -0.39 is 10.2 Å². The standard InChI is InChI=1S/C11H16BrN3O3S/c1-18-11-3-2-9(8-10(11)12)14-19(16,17)15-6-4-13-5-7-15/h2-3,8,13-14H,4-7H2,1H3. The second-order valence-electron chi connectivity index (χ2n) is 4.11. The Kier molecular flexibility index (Phi) is 4.67. The number of methoxy groups -OCH3 is 1. The van der Waals surface area contributed by atoms with Gasteiger partial charge in [-0.05, 0) is 34.1 Å². The average molecular weight is 350 g/mol. The van der Waals surface area contributed by atoms with Gasteiger partial charge in [-0.15, -0.1) is 0 Å². The number of nitrogens with zero attached hydrogens (tertiary/aromatic N) is 1. The molecule has 1 aromatic rings. The fourth-order valence-electron chi connectivity index (χ4n) is 1.83. The molecule has 0 aromatic heterocycles. The van der Waals surface area contributed by atoms with Crippen molar-refractivity contribution in [3.05, 3.63) is 22.7 Å². The Morgan fingerprint density at radius 3 is 2.63 bits per heavy atom. The van der Waals surface area contributed by atoms with Crippen LogP contribution in [0.15, 0.2) is 22.7 Å². The maximum Gasteiger partial charge on any atom is 0.301 e. The molecule has 1 saturated heterocycles. The van der Waals surface area contributed by atoms with Gasteiger partial charge in [-0.3, -0.25) is 4.72 Å². The molecule has 1 heterocycles. The molecular weight excluding hydrogens is 334 g/mol. The van der Waals surface area contributed by atoms with E-state index >= 15 is 0 Å². The normalized spacial score (nSPS) is 17.2. The summed E-state index contributed by atoms with van der Waals surface area (Å²) in [6.45, 7) is 2.31. The zero-order chi connectivity index (χ0) is 13.9. The maximum absolute atomic E-state index is 12.2. The van der Waals surface area contributed by atoms with Gasteiger partial charge in [0.25, 0.3) is 0 Å². The Hall–Kier alpha value is -0.830. The highest BCUT2D eigenvalue weighted by atomic mass is 79.9. The highest BCUT2D eigenvalue weighted by Gasteiger charge is 2.23. The van der Waals surface area contributed by atoms with Crippen LogP contribution in [0, 0.1) is 0 Å². The van der Waals surface area contributed by atoms with Crippen LogP contribution in [0.25, 0.3) is 0 Å².